The van der Waals surface area contributed by atoms with E-state index >= 15 is 0 Å². The zero-order valence-corrected chi connectivity index (χ0v) is 11.6. The van der Waals surface area contributed by atoms with Gasteiger partial charge in [0.25, 0.3) is 5.91 Å². The Labute approximate surface area is 116 Å². The zero-order chi connectivity index (χ0) is 14.9. The third-order valence-electron chi connectivity index (χ3n) is 3.77. The van der Waals surface area contributed by atoms with Crippen LogP contribution in [0.25, 0.3) is 0 Å². The molecule has 20 heavy (non-hydrogen) atoms. The van der Waals surface area contributed by atoms with Crippen LogP contribution in [0.15, 0.2) is 12.1 Å². The van der Waals surface area contributed by atoms with E-state index in [2.05, 4.69) is 0 Å². The number of ether oxygens (including phenoxy) is 1. The molecule has 1 saturated heterocycles. The summed E-state index contributed by atoms with van der Waals surface area (Å²) in [5.74, 6) is -2.58. The number of carbonyl (C=O) groups is 1. The number of hydrogen-bond donors (Lipinski definition) is 1. The molecule has 1 fully saturated rings. The van der Waals surface area contributed by atoms with Crippen LogP contribution in [-0.2, 0) is 4.74 Å². The minimum Gasteiger partial charge on any atom is -0.396 e. The molecule has 1 heterocycles. The smallest absolute Gasteiger partial charge is 0.260 e. The topological polar surface area (TPSA) is 55.6 Å². The van der Waals surface area contributed by atoms with E-state index in [1.807, 2.05) is 6.92 Å². The van der Waals surface area contributed by atoms with Crippen molar-refractivity contribution in [2.24, 2.45) is 0 Å². The SMILES string of the molecule is COC1(C)CCCN(C(=O)c2c(F)ccc(N)c2F)C1. The minimum atomic E-state index is -1.00. The van der Waals surface area contributed by atoms with Gasteiger partial charge in [-0.25, -0.2) is 8.78 Å². The number of carbonyl (C=O) groups excluding carboxylic acids is 1. The van der Waals surface area contributed by atoms with Gasteiger partial charge in [0.1, 0.15) is 11.4 Å². The highest BCUT2D eigenvalue weighted by Crippen LogP contribution is 2.27. The quantitative estimate of drug-likeness (QED) is 0.847. The second kappa shape index (κ2) is 5.36. The first-order chi connectivity index (χ1) is 9.38. The molecule has 1 aliphatic rings. The van der Waals surface area contributed by atoms with Crippen LogP contribution in [-0.4, -0.2) is 36.6 Å². The Hall–Kier alpha value is -1.69. The number of hydrogen-bond acceptors (Lipinski definition) is 3. The lowest BCUT2D eigenvalue weighted by Gasteiger charge is -2.39. The second-order valence-electron chi connectivity index (χ2n) is 5.31. The molecule has 1 atom stereocenters. The number of nitrogen functional groups attached to an aromatic ring is 1. The summed E-state index contributed by atoms with van der Waals surface area (Å²) in [5.41, 5.74) is 4.09. The van der Waals surface area contributed by atoms with Gasteiger partial charge in [0.05, 0.1) is 11.3 Å². The van der Waals surface area contributed by atoms with Crippen molar-refractivity contribution in [3.05, 3.63) is 29.3 Å². The third-order valence-corrected chi connectivity index (χ3v) is 3.77. The van der Waals surface area contributed by atoms with Gasteiger partial charge < -0.3 is 15.4 Å². The van der Waals surface area contributed by atoms with E-state index in [1.165, 1.54) is 4.90 Å². The number of nitrogens with two attached hydrogens (primary N) is 1. The molecule has 0 radical (unpaired) electrons. The number of amides is 1. The van der Waals surface area contributed by atoms with Gasteiger partial charge in [-0.3, -0.25) is 4.79 Å². The Morgan fingerprint density at radius 2 is 2.15 bits per heavy atom. The lowest BCUT2D eigenvalue weighted by Crippen LogP contribution is -2.50. The molecule has 1 amide bonds. The molecule has 1 unspecified atom stereocenters. The second-order valence-corrected chi connectivity index (χ2v) is 5.31. The monoisotopic (exact) mass is 284 g/mol. The largest absolute Gasteiger partial charge is 0.396 e. The zero-order valence-electron chi connectivity index (χ0n) is 11.6. The molecule has 1 aromatic carbocycles. The summed E-state index contributed by atoms with van der Waals surface area (Å²) >= 11 is 0. The van der Waals surface area contributed by atoms with Crippen LogP contribution in [0.2, 0.25) is 0 Å². The molecule has 0 spiro atoms. The third kappa shape index (κ3) is 2.60. The van der Waals surface area contributed by atoms with Gasteiger partial charge in [-0.15, -0.1) is 0 Å². The normalized spacial score (nSPS) is 22.9. The van der Waals surface area contributed by atoms with Crippen molar-refractivity contribution in [2.45, 2.75) is 25.4 Å². The summed E-state index contributed by atoms with van der Waals surface area (Å²) in [6.07, 6.45) is 1.52. The summed E-state index contributed by atoms with van der Waals surface area (Å²) < 4.78 is 33.0. The predicted molar refractivity (Wildman–Crippen MR) is 71.3 cm³/mol. The number of benzene rings is 1. The van der Waals surface area contributed by atoms with Crippen LogP contribution in [0.4, 0.5) is 14.5 Å². The van der Waals surface area contributed by atoms with E-state index in [0.29, 0.717) is 13.1 Å². The number of rotatable bonds is 2. The fraction of sp³-hybridized carbons (Fsp3) is 0.500. The molecule has 0 aromatic heterocycles. The Bertz CT molecular complexity index is 536. The molecule has 4 nitrogen and oxygen atoms in total. The lowest BCUT2D eigenvalue weighted by atomic mass is 9.94. The van der Waals surface area contributed by atoms with Crippen LogP contribution in [0.3, 0.4) is 0 Å². The molecule has 2 rings (SSSR count). The van der Waals surface area contributed by atoms with E-state index in [9.17, 15) is 13.6 Å². The molecule has 2 N–H and O–H groups in total. The molecule has 110 valence electrons. The highest BCUT2D eigenvalue weighted by molar-refractivity contribution is 5.95. The maximum absolute atomic E-state index is 13.9. The van der Waals surface area contributed by atoms with E-state index in [0.717, 1.165) is 25.0 Å². The molecule has 1 aliphatic heterocycles. The number of nitrogens with zero attached hydrogens (tertiary/aromatic N) is 1. The van der Waals surface area contributed by atoms with Gasteiger partial charge in [-0.05, 0) is 31.9 Å². The van der Waals surface area contributed by atoms with Gasteiger partial charge in [0.2, 0.25) is 0 Å². The fourth-order valence-electron chi connectivity index (χ4n) is 2.47. The molecule has 0 aliphatic carbocycles. The van der Waals surface area contributed by atoms with Crippen molar-refractivity contribution in [3.63, 3.8) is 0 Å². The Morgan fingerprint density at radius 1 is 1.45 bits per heavy atom. The van der Waals surface area contributed by atoms with Gasteiger partial charge in [-0.2, -0.15) is 0 Å². The van der Waals surface area contributed by atoms with Crippen LogP contribution in [0.1, 0.15) is 30.1 Å². The Kier molecular flexibility index (Phi) is 3.94. The predicted octanol–water partition coefficient (Wildman–Crippen LogP) is 2.19. The number of halogens is 2. The highest BCUT2D eigenvalue weighted by Gasteiger charge is 2.35. The first kappa shape index (κ1) is 14.7. The first-order valence-corrected chi connectivity index (χ1v) is 6.46. The maximum atomic E-state index is 13.9. The van der Waals surface area contributed by atoms with Crippen LogP contribution < -0.4 is 5.73 Å². The van der Waals surface area contributed by atoms with Crippen LogP contribution >= 0.6 is 0 Å². The molecular weight excluding hydrogens is 266 g/mol. The summed E-state index contributed by atoms with van der Waals surface area (Å²) in [7, 11) is 1.57. The molecule has 0 bridgehead atoms. The minimum absolute atomic E-state index is 0.235. The molecule has 1 aromatic rings. The van der Waals surface area contributed by atoms with Crippen molar-refractivity contribution in [1.82, 2.24) is 4.90 Å². The average molecular weight is 284 g/mol. The number of methoxy groups -OCH3 is 1. The van der Waals surface area contributed by atoms with Crippen molar-refractivity contribution >= 4 is 11.6 Å². The Morgan fingerprint density at radius 3 is 2.80 bits per heavy atom. The van der Waals surface area contributed by atoms with E-state index in [1.54, 1.807) is 7.11 Å². The lowest BCUT2D eigenvalue weighted by molar-refractivity contribution is -0.0441. The van der Waals surface area contributed by atoms with Gasteiger partial charge in [-0.1, -0.05) is 0 Å². The highest BCUT2D eigenvalue weighted by atomic mass is 19.1. The van der Waals surface area contributed by atoms with Gasteiger partial charge in [0.15, 0.2) is 5.82 Å². The number of likely N-dealkylation sites (tertiary alicyclic amines) is 1. The summed E-state index contributed by atoms with van der Waals surface area (Å²) in [6.45, 7) is 2.62. The molecule has 6 heteroatoms. The van der Waals surface area contributed by atoms with E-state index < -0.39 is 28.7 Å². The van der Waals surface area contributed by atoms with Crippen molar-refractivity contribution in [3.8, 4) is 0 Å². The van der Waals surface area contributed by atoms with Crippen LogP contribution in [0, 0.1) is 11.6 Å². The van der Waals surface area contributed by atoms with Gasteiger partial charge >= 0.3 is 0 Å². The summed E-state index contributed by atoms with van der Waals surface area (Å²) in [5, 5.41) is 0. The molecular formula is C14H18F2N2O2. The maximum Gasteiger partial charge on any atom is 0.260 e. The van der Waals surface area contributed by atoms with Gasteiger partial charge in [0, 0.05) is 20.2 Å². The average Bonchev–Trinajstić information content (AvgIpc) is 2.43. The summed E-state index contributed by atoms with van der Waals surface area (Å²) in [4.78, 5) is 13.7. The van der Waals surface area contributed by atoms with Crippen molar-refractivity contribution < 1.29 is 18.3 Å². The van der Waals surface area contributed by atoms with Crippen LogP contribution in [0.5, 0.6) is 0 Å². The van der Waals surface area contributed by atoms with Crippen molar-refractivity contribution in [2.75, 3.05) is 25.9 Å². The van der Waals surface area contributed by atoms with Crippen molar-refractivity contribution in [1.29, 1.82) is 0 Å². The standard InChI is InChI=1S/C14H18F2N2O2/c1-14(20-2)6-3-7-18(8-14)13(19)11-9(15)4-5-10(17)12(11)16/h4-5H,3,6-8,17H2,1-2H3. The van der Waals surface area contributed by atoms with E-state index in [-0.39, 0.29) is 5.69 Å². The Balaban J connectivity index is 2.30. The van der Waals surface area contributed by atoms with E-state index in [4.69, 9.17) is 10.5 Å². The molecule has 0 saturated carbocycles. The number of piperidine rings is 1. The summed E-state index contributed by atoms with van der Waals surface area (Å²) in [6, 6.07) is 2.11. The number of anilines is 1. The first-order valence-electron chi connectivity index (χ1n) is 6.46. The fourth-order valence-corrected chi connectivity index (χ4v) is 2.47.